The number of carbonyl (C=O) groups is 1. The molecule has 1 amide bonds. The first-order chi connectivity index (χ1) is 18.8. The summed E-state index contributed by atoms with van der Waals surface area (Å²) >= 11 is 1.82. The lowest BCUT2D eigenvalue weighted by Gasteiger charge is -2.27. The number of nitrogens with one attached hydrogen (secondary N) is 2. The summed E-state index contributed by atoms with van der Waals surface area (Å²) < 4.78 is 23.9. The molecule has 1 heterocycles. The maximum absolute atomic E-state index is 11.8. The molecule has 0 saturated heterocycles. The average molecular weight is 596 g/mol. The zero-order valence-electron chi connectivity index (χ0n) is 24.8. The van der Waals surface area contributed by atoms with Gasteiger partial charge >= 0.3 is 6.09 Å². The zero-order valence-corrected chi connectivity index (χ0v) is 26.6. The van der Waals surface area contributed by atoms with Gasteiger partial charge in [-0.25, -0.2) is 9.79 Å². The van der Waals surface area contributed by atoms with Gasteiger partial charge in [-0.15, -0.1) is 0 Å². The first-order valence-electron chi connectivity index (χ1n) is 15.1. The van der Waals surface area contributed by atoms with Crippen molar-refractivity contribution < 1.29 is 38.1 Å². The quantitative estimate of drug-likeness (QED) is 0.123. The van der Waals surface area contributed by atoms with Crippen LogP contribution in [0.25, 0.3) is 0 Å². The first kappa shape index (κ1) is 38.4. The van der Waals surface area contributed by atoms with E-state index in [-0.39, 0.29) is 18.8 Å². The van der Waals surface area contributed by atoms with Gasteiger partial charge in [0.25, 0.3) is 0 Å². The maximum atomic E-state index is 11.8. The van der Waals surface area contributed by atoms with Crippen LogP contribution in [0, 0.1) is 0 Å². The van der Waals surface area contributed by atoms with Crippen LogP contribution in [0.4, 0.5) is 4.79 Å². The van der Waals surface area contributed by atoms with E-state index in [1.165, 1.54) is 108 Å². The second kappa shape index (κ2) is 27.5. The summed E-state index contributed by atoms with van der Waals surface area (Å²) in [6, 6.07) is 0. The molecule has 1 aliphatic heterocycles. The number of phosphoric acid groups is 1. The summed E-state index contributed by atoms with van der Waals surface area (Å²) in [5.41, 5.74) is 0. The third-order valence-electron chi connectivity index (χ3n) is 6.43. The number of thioether (sulfide) groups is 1. The molecule has 39 heavy (non-hydrogen) atoms. The number of amides is 1. The fourth-order valence-electron chi connectivity index (χ4n) is 4.21. The fourth-order valence-corrected chi connectivity index (χ4v) is 5.48. The summed E-state index contributed by atoms with van der Waals surface area (Å²) in [5.74, 6) is 1.10. The van der Waals surface area contributed by atoms with E-state index in [0.29, 0.717) is 13.2 Å². The van der Waals surface area contributed by atoms with Gasteiger partial charge in [-0.3, -0.25) is 0 Å². The van der Waals surface area contributed by atoms with Gasteiger partial charge in [0.15, 0.2) is 6.54 Å². The van der Waals surface area contributed by atoms with Crippen molar-refractivity contribution in [3.8, 4) is 0 Å². The van der Waals surface area contributed by atoms with Crippen LogP contribution in [0.2, 0.25) is 0 Å². The number of hydrogen-bond donors (Lipinski definition) is 2. The van der Waals surface area contributed by atoms with Gasteiger partial charge in [0.2, 0.25) is 5.04 Å². The van der Waals surface area contributed by atoms with Crippen molar-refractivity contribution in [2.45, 2.75) is 129 Å². The maximum Gasteiger partial charge on any atom is 0.407 e. The van der Waals surface area contributed by atoms with Gasteiger partial charge in [0.1, 0.15) is 12.7 Å². The average Bonchev–Trinajstić information content (AvgIpc) is 3.41. The summed E-state index contributed by atoms with van der Waals surface area (Å²) in [5, 5.41) is 4.09. The molecule has 2 N–H and O–H groups in total. The van der Waals surface area contributed by atoms with E-state index >= 15 is 0 Å². The number of alkyl carbamates (subject to hydrolysis) is 1. The number of unbranched alkanes of at least 4 members (excludes halogenated alkanes) is 15. The van der Waals surface area contributed by atoms with Crippen molar-refractivity contribution in [2.24, 2.45) is 0 Å². The number of rotatable bonds is 24. The molecule has 1 rings (SSSR count). The molecule has 1 aliphatic rings. The van der Waals surface area contributed by atoms with E-state index in [1.54, 1.807) is 7.11 Å². The molecule has 1 atom stereocenters. The lowest BCUT2D eigenvalue weighted by molar-refractivity contribution is -0.445. The van der Waals surface area contributed by atoms with Gasteiger partial charge in [-0.2, -0.15) is 0 Å². The SMILES string of the molecule is CCCCCCCCCCCCCCCCCCNC(=O)OCC(CC1=[NH+]CCS1)OC.CCOP(=O)([O-])[O-]. The molecule has 9 nitrogen and oxygen atoms in total. The highest BCUT2D eigenvalue weighted by Gasteiger charge is 2.21. The predicted octanol–water partition coefficient (Wildman–Crippen LogP) is 4.46. The molecular weight excluding hydrogens is 539 g/mol. The Morgan fingerprint density at radius 1 is 0.923 bits per heavy atom. The van der Waals surface area contributed by atoms with E-state index in [4.69, 9.17) is 9.47 Å². The Balaban J connectivity index is 0.00000181. The fraction of sp³-hybridized carbons (Fsp3) is 0.929. The topological polar surface area (TPSA) is 134 Å². The Kier molecular flexibility index (Phi) is 27.1. The van der Waals surface area contributed by atoms with E-state index < -0.39 is 7.82 Å². The van der Waals surface area contributed by atoms with Crippen molar-refractivity contribution in [3.63, 3.8) is 0 Å². The van der Waals surface area contributed by atoms with Gasteiger partial charge in [0, 0.05) is 20.3 Å². The minimum absolute atomic E-state index is 0.0791. The third-order valence-corrected chi connectivity index (χ3v) is 8.08. The van der Waals surface area contributed by atoms with E-state index in [1.807, 2.05) is 11.8 Å². The highest BCUT2D eigenvalue weighted by molar-refractivity contribution is 8.13. The van der Waals surface area contributed by atoms with E-state index in [9.17, 15) is 19.1 Å². The molecule has 232 valence electrons. The van der Waals surface area contributed by atoms with Crippen LogP contribution in [-0.4, -0.2) is 56.4 Å². The van der Waals surface area contributed by atoms with Crippen LogP contribution in [-0.2, 0) is 18.6 Å². The number of ether oxygens (including phenoxy) is 2. The molecular formula is C28H56N2O7PS-. The van der Waals surface area contributed by atoms with Gasteiger partial charge in [-0.05, 0) is 13.3 Å². The van der Waals surface area contributed by atoms with E-state index in [0.717, 1.165) is 25.1 Å². The molecule has 0 aromatic heterocycles. The van der Waals surface area contributed by atoms with Gasteiger partial charge < -0.3 is 33.7 Å². The van der Waals surface area contributed by atoms with Crippen molar-refractivity contribution in [2.75, 3.05) is 39.2 Å². The van der Waals surface area contributed by atoms with Crippen molar-refractivity contribution in [3.05, 3.63) is 0 Å². The van der Waals surface area contributed by atoms with Crippen LogP contribution in [0.15, 0.2) is 0 Å². The summed E-state index contributed by atoms with van der Waals surface area (Å²) in [6.07, 6.45) is 22.1. The Morgan fingerprint density at radius 3 is 1.82 bits per heavy atom. The molecule has 11 heteroatoms. The van der Waals surface area contributed by atoms with Crippen LogP contribution in [0.1, 0.15) is 123 Å². The molecule has 0 spiro atoms. The van der Waals surface area contributed by atoms with Gasteiger partial charge in [-0.1, -0.05) is 115 Å². The molecule has 0 bridgehead atoms. The lowest BCUT2D eigenvalue weighted by Crippen LogP contribution is -2.69. The lowest BCUT2D eigenvalue weighted by atomic mass is 10.0. The van der Waals surface area contributed by atoms with Crippen LogP contribution >= 0.6 is 19.6 Å². The number of methoxy groups -OCH3 is 1. The van der Waals surface area contributed by atoms with Crippen molar-refractivity contribution in [1.29, 1.82) is 0 Å². The minimum atomic E-state index is -4.67. The standard InChI is InChI=1S/C26H50N2O3S.C2H7O4P/c1-3-4-5-6-7-8-9-10-11-12-13-14-15-16-17-18-19-28-26(29)31-23-24(30-2)22-25-27-20-21-32-25;1-2-6-7(3,4)5/h24H,3-23H2,1-2H3,(H,28,29);2H2,1H3,(H2,3,4,5)/p-1. The highest BCUT2D eigenvalue weighted by Crippen LogP contribution is 2.23. The molecule has 0 aliphatic carbocycles. The van der Waals surface area contributed by atoms with Crippen molar-refractivity contribution >= 4 is 30.7 Å². The smallest absolute Gasteiger partial charge is 0.407 e. The number of phosphoric ester groups is 1. The second-order valence-electron chi connectivity index (χ2n) is 9.95. The molecule has 0 aromatic rings. The summed E-state index contributed by atoms with van der Waals surface area (Å²) in [7, 11) is -3.00. The number of hydrogen-bond acceptors (Lipinski definition) is 8. The van der Waals surface area contributed by atoms with Crippen LogP contribution in [0.3, 0.4) is 0 Å². The predicted molar refractivity (Wildman–Crippen MR) is 157 cm³/mol. The van der Waals surface area contributed by atoms with Crippen LogP contribution in [0.5, 0.6) is 0 Å². The minimum Gasteiger partial charge on any atom is -0.790 e. The monoisotopic (exact) mass is 595 g/mol. The van der Waals surface area contributed by atoms with Crippen molar-refractivity contribution in [1.82, 2.24) is 5.32 Å². The molecule has 0 fully saturated rings. The Labute approximate surface area is 242 Å². The Hall–Kier alpha value is -0.640. The molecule has 1 unspecified atom stereocenters. The zero-order chi connectivity index (χ0) is 29.0. The highest BCUT2D eigenvalue weighted by atomic mass is 32.2. The molecule has 0 radical (unpaired) electrons. The third kappa shape index (κ3) is 28.7. The number of carbonyl (C=O) groups excluding carboxylic acids is 1. The van der Waals surface area contributed by atoms with E-state index in [2.05, 4.69) is 21.8 Å². The van der Waals surface area contributed by atoms with Crippen LogP contribution < -0.4 is 20.1 Å². The largest absolute Gasteiger partial charge is 0.790 e. The first-order valence-corrected chi connectivity index (χ1v) is 17.6. The Morgan fingerprint density at radius 2 is 1.44 bits per heavy atom. The summed E-state index contributed by atoms with van der Waals surface area (Å²) in [6.45, 7) is 5.64. The second-order valence-corrected chi connectivity index (χ2v) is 12.3. The molecule has 0 saturated carbocycles. The Bertz CT molecular complexity index is 649. The summed E-state index contributed by atoms with van der Waals surface area (Å²) in [4.78, 5) is 34.1. The molecule has 0 aromatic carbocycles. The normalized spacial score (nSPS) is 13.9. The van der Waals surface area contributed by atoms with Gasteiger partial charge in [0.05, 0.1) is 20.0 Å².